The van der Waals surface area contributed by atoms with Crippen LogP contribution in [-0.2, 0) is 12.8 Å². The first-order chi connectivity index (χ1) is 14.0. The van der Waals surface area contributed by atoms with Gasteiger partial charge in [-0.3, -0.25) is 9.69 Å². The zero-order valence-corrected chi connectivity index (χ0v) is 18.3. The number of hydrogen-bond donors (Lipinski definition) is 2. The zero-order chi connectivity index (χ0) is 20.4. The first kappa shape index (κ1) is 20.1. The number of aromatic amines is 1. The van der Waals surface area contributed by atoms with Gasteiger partial charge in [-0.1, -0.05) is 17.4 Å². The second kappa shape index (κ2) is 8.67. The first-order valence-electron chi connectivity index (χ1n) is 10.5. The minimum atomic E-state index is -0.133. The van der Waals surface area contributed by atoms with Crippen LogP contribution in [0.5, 0.6) is 0 Å². The molecule has 4 rings (SSSR count). The third kappa shape index (κ3) is 4.53. The molecule has 1 aliphatic carbocycles. The van der Waals surface area contributed by atoms with E-state index in [4.69, 9.17) is 0 Å². The van der Waals surface area contributed by atoms with Gasteiger partial charge in [0.2, 0.25) is 10.1 Å². The van der Waals surface area contributed by atoms with Gasteiger partial charge in [0.15, 0.2) is 0 Å². The van der Waals surface area contributed by atoms with Gasteiger partial charge in [-0.25, -0.2) is 0 Å². The second-order valence-corrected chi connectivity index (χ2v) is 9.19. The number of fused-ring (bicyclic) bond motifs is 1. The van der Waals surface area contributed by atoms with Crippen molar-refractivity contribution in [1.82, 2.24) is 25.4 Å². The lowest BCUT2D eigenvalue weighted by atomic mass is 9.97. The molecule has 8 heteroatoms. The highest BCUT2D eigenvalue weighted by Crippen LogP contribution is 2.24. The monoisotopic (exact) mass is 414 g/mol. The molecule has 3 heterocycles. The molecule has 0 saturated carbocycles. The van der Waals surface area contributed by atoms with Gasteiger partial charge in [0.05, 0.1) is 0 Å². The molecule has 0 radical (unpaired) electrons. The lowest BCUT2D eigenvalue weighted by Crippen LogP contribution is -2.48. The van der Waals surface area contributed by atoms with Gasteiger partial charge < -0.3 is 15.2 Å². The van der Waals surface area contributed by atoms with Gasteiger partial charge in [-0.15, -0.1) is 10.2 Å². The minimum Gasteiger partial charge on any atom is -0.361 e. The van der Waals surface area contributed by atoms with E-state index in [0.717, 1.165) is 50.6 Å². The molecule has 1 unspecified atom stereocenters. The van der Waals surface area contributed by atoms with E-state index in [0.29, 0.717) is 11.0 Å². The molecule has 2 aromatic rings. The number of hydrogen-bond acceptors (Lipinski definition) is 6. The van der Waals surface area contributed by atoms with E-state index in [1.54, 1.807) is 0 Å². The first-order valence-corrected chi connectivity index (χ1v) is 11.3. The summed E-state index contributed by atoms with van der Waals surface area (Å²) < 4.78 is 0. The van der Waals surface area contributed by atoms with E-state index in [1.165, 1.54) is 28.2 Å². The van der Waals surface area contributed by atoms with Crippen molar-refractivity contribution >= 4 is 28.5 Å². The van der Waals surface area contributed by atoms with Crippen LogP contribution in [0.25, 0.3) is 6.08 Å². The molecule has 1 amide bonds. The van der Waals surface area contributed by atoms with Crippen LogP contribution in [0.15, 0.2) is 12.3 Å². The molecule has 2 N–H and O–H groups in total. The molecule has 2 aromatic heterocycles. The van der Waals surface area contributed by atoms with E-state index in [-0.39, 0.29) is 11.9 Å². The zero-order valence-electron chi connectivity index (χ0n) is 17.4. The summed E-state index contributed by atoms with van der Waals surface area (Å²) in [6.07, 6.45) is 9.38. The molecule has 0 aromatic carbocycles. The Balaban J connectivity index is 1.32. The van der Waals surface area contributed by atoms with Gasteiger partial charge >= 0.3 is 0 Å². The van der Waals surface area contributed by atoms with Crippen LogP contribution in [0, 0.1) is 0 Å². The van der Waals surface area contributed by atoms with E-state index in [2.05, 4.69) is 62.5 Å². The van der Waals surface area contributed by atoms with E-state index >= 15 is 0 Å². The summed E-state index contributed by atoms with van der Waals surface area (Å²) in [4.78, 5) is 20.7. The van der Waals surface area contributed by atoms with E-state index < -0.39 is 0 Å². The Hall–Kier alpha value is -2.19. The summed E-state index contributed by atoms with van der Waals surface area (Å²) in [5, 5.41) is 12.8. The van der Waals surface area contributed by atoms with Crippen LogP contribution in [0.2, 0.25) is 0 Å². The number of aromatic nitrogens is 3. The Morgan fingerprint density at radius 1 is 1.24 bits per heavy atom. The van der Waals surface area contributed by atoms with Crippen LogP contribution in [0.3, 0.4) is 0 Å². The third-order valence-electron chi connectivity index (χ3n) is 5.79. The Morgan fingerprint density at radius 2 is 2.03 bits per heavy atom. The van der Waals surface area contributed by atoms with Gasteiger partial charge in [-0.2, -0.15) is 0 Å². The maximum absolute atomic E-state index is 12.7. The Bertz CT molecular complexity index is 878. The van der Waals surface area contributed by atoms with Gasteiger partial charge in [0.1, 0.15) is 0 Å². The molecular weight excluding hydrogens is 384 g/mol. The molecule has 1 saturated heterocycles. The number of amides is 1. The average Bonchev–Trinajstić information content (AvgIpc) is 3.36. The van der Waals surface area contributed by atoms with Crippen LogP contribution in [-0.4, -0.2) is 64.3 Å². The Morgan fingerprint density at radius 3 is 2.79 bits per heavy atom. The molecule has 29 heavy (non-hydrogen) atoms. The molecule has 1 fully saturated rings. The highest BCUT2D eigenvalue weighted by Gasteiger charge is 2.23. The maximum atomic E-state index is 12.7. The summed E-state index contributed by atoms with van der Waals surface area (Å²) in [5.41, 5.74) is 3.88. The Kier molecular flexibility index (Phi) is 6.01. The number of H-pyrrole nitrogens is 1. The summed E-state index contributed by atoms with van der Waals surface area (Å²) in [6, 6.07) is 0.603. The SMILES string of the molecule is CC(Cc1c[nH]c2c1CCC=C2)NC(=O)c1nnc(N2CCN(C(C)C)CC2)s1. The quantitative estimate of drug-likeness (QED) is 0.760. The minimum absolute atomic E-state index is 0.0373. The fraction of sp³-hybridized carbons (Fsp3) is 0.571. The normalized spacial score (nSPS) is 18.1. The van der Waals surface area contributed by atoms with Crippen molar-refractivity contribution in [3.8, 4) is 0 Å². The fourth-order valence-electron chi connectivity index (χ4n) is 4.10. The molecular formula is C21H30N6OS. The molecule has 0 bridgehead atoms. The van der Waals surface area contributed by atoms with Crippen molar-refractivity contribution in [2.45, 2.75) is 52.1 Å². The van der Waals surface area contributed by atoms with Crippen molar-refractivity contribution < 1.29 is 4.79 Å². The van der Waals surface area contributed by atoms with Crippen LogP contribution in [0.1, 0.15) is 53.8 Å². The molecule has 0 spiro atoms. The number of carbonyl (C=O) groups is 1. The number of anilines is 1. The molecule has 1 atom stereocenters. The number of rotatable bonds is 6. The predicted octanol–water partition coefficient (Wildman–Crippen LogP) is 2.72. The van der Waals surface area contributed by atoms with Gasteiger partial charge in [0.25, 0.3) is 5.91 Å². The number of allylic oxidation sites excluding steroid dienone is 1. The fourth-order valence-corrected chi connectivity index (χ4v) is 4.90. The predicted molar refractivity (Wildman–Crippen MR) is 118 cm³/mol. The molecule has 7 nitrogen and oxygen atoms in total. The van der Waals surface area contributed by atoms with Crippen molar-refractivity contribution in [1.29, 1.82) is 0 Å². The highest BCUT2D eigenvalue weighted by atomic mass is 32.1. The molecule has 2 aliphatic rings. The van der Waals surface area contributed by atoms with Gasteiger partial charge in [-0.05, 0) is 57.2 Å². The number of carbonyl (C=O) groups excluding carboxylic acids is 1. The van der Waals surface area contributed by atoms with Crippen molar-refractivity contribution in [2.24, 2.45) is 0 Å². The number of piperazine rings is 1. The highest BCUT2D eigenvalue weighted by molar-refractivity contribution is 7.17. The summed E-state index contributed by atoms with van der Waals surface area (Å²) in [7, 11) is 0. The lowest BCUT2D eigenvalue weighted by molar-refractivity contribution is 0.0939. The van der Waals surface area contributed by atoms with Crippen molar-refractivity contribution in [3.05, 3.63) is 34.1 Å². The van der Waals surface area contributed by atoms with Crippen molar-refractivity contribution in [2.75, 3.05) is 31.1 Å². The van der Waals surface area contributed by atoms with Gasteiger partial charge in [0, 0.05) is 50.2 Å². The summed E-state index contributed by atoms with van der Waals surface area (Å²) in [6.45, 7) is 10.4. The third-order valence-corrected chi connectivity index (χ3v) is 6.77. The molecule has 156 valence electrons. The summed E-state index contributed by atoms with van der Waals surface area (Å²) in [5.74, 6) is -0.133. The number of nitrogens with one attached hydrogen (secondary N) is 2. The standard InChI is InChI=1S/C21H30N6OS/c1-14(2)26-8-10-27(11-9-26)21-25-24-20(29-21)19(28)23-15(3)12-16-13-22-18-7-5-4-6-17(16)18/h5,7,13-15,22H,4,6,8-12H2,1-3H3,(H,23,28). The smallest absolute Gasteiger partial charge is 0.282 e. The van der Waals surface area contributed by atoms with E-state index in [1.807, 2.05) is 6.92 Å². The number of nitrogens with zero attached hydrogens (tertiary/aromatic N) is 4. The van der Waals surface area contributed by atoms with Crippen LogP contribution >= 0.6 is 11.3 Å². The maximum Gasteiger partial charge on any atom is 0.282 e. The summed E-state index contributed by atoms with van der Waals surface area (Å²) >= 11 is 1.39. The van der Waals surface area contributed by atoms with Crippen LogP contribution < -0.4 is 10.2 Å². The topological polar surface area (TPSA) is 77.1 Å². The van der Waals surface area contributed by atoms with Crippen molar-refractivity contribution in [3.63, 3.8) is 0 Å². The largest absolute Gasteiger partial charge is 0.361 e. The average molecular weight is 415 g/mol. The lowest BCUT2D eigenvalue weighted by Gasteiger charge is -2.36. The Labute approximate surface area is 176 Å². The van der Waals surface area contributed by atoms with Crippen LogP contribution in [0.4, 0.5) is 5.13 Å². The van der Waals surface area contributed by atoms with E-state index in [9.17, 15) is 4.79 Å². The molecule has 1 aliphatic heterocycles. The second-order valence-electron chi connectivity index (χ2n) is 8.23.